The van der Waals surface area contributed by atoms with Crippen LogP contribution in [0.25, 0.3) is 17.0 Å². The second-order valence-electron chi connectivity index (χ2n) is 3.39. The van der Waals surface area contributed by atoms with E-state index in [0.29, 0.717) is 5.39 Å². The Kier molecular flexibility index (Phi) is 1.35. The number of nitrogens with zero attached hydrogens (tertiary/aromatic N) is 1. The summed E-state index contributed by atoms with van der Waals surface area (Å²) in [6.45, 7) is 0.724. The van der Waals surface area contributed by atoms with Crippen molar-refractivity contribution in [3.05, 3.63) is 41.6 Å². The molecule has 0 saturated heterocycles. The van der Waals surface area contributed by atoms with Crippen LogP contribution in [0, 0.1) is 11.6 Å². The maximum Gasteiger partial charge on any atom is 0.168 e. The van der Waals surface area contributed by atoms with Crippen molar-refractivity contribution in [2.75, 3.05) is 0 Å². The summed E-state index contributed by atoms with van der Waals surface area (Å²) in [5.74, 6) is -1.53. The number of aromatic nitrogens is 1. The normalized spacial score (nSPS) is 13.9. The molecule has 0 aliphatic carbocycles. The highest BCUT2D eigenvalue weighted by Gasteiger charge is 2.15. The summed E-state index contributed by atoms with van der Waals surface area (Å²) >= 11 is 0. The SMILES string of the molecule is Fc1cc2c3c(ccn3CC=C2)c1F. The van der Waals surface area contributed by atoms with E-state index in [4.69, 9.17) is 0 Å². The van der Waals surface area contributed by atoms with Crippen molar-refractivity contribution in [1.82, 2.24) is 4.57 Å². The second kappa shape index (κ2) is 2.44. The molecule has 3 heteroatoms. The van der Waals surface area contributed by atoms with Gasteiger partial charge in [0.2, 0.25) is 0 Å². The van der Waals surface area contributed by atoms with Gasteiger partial charge >= 0.3 is 0 Å². The zero-order valence-electron chi connectivity index (χ0n) is 7.30. The molecule has 0 bridgehead atoms. The van der Waals surface area contributed by atoms with Gasteiger partial charge in [-0.15, -0.1) is 0 Å². The molecule has 0 unspecified atom stereocenters. The summed E-state index contributed by atoms with van der Waals surface area (Å²) in [6, 6.07) is 2.86. The standard InChI is InChI=1S/C11H7F2N/c12-9-6-7-2-1-4-14-5-3-8(10(9)13)11(7)14/h1-3,5-6H,4H2. The Labute approximate surface area is 79.3 Å². The molecule has 1 aliphatic heterocycles. The van der Waals surface area contributed by atoms with E-state index >= 15 is 0 Å². The molecule has 0 amide bonds. The lowest BCUT2D eigenvalue weighted by Gasteiger charge is -2.10. The third-order valence-corrected chi connectivity index (χ3v) is 2.56. The smallest absolute Gasteiger partial charge is 0.168 e. The van der Waals surface area contributed by atoms with E-state index in [2.05, 4.69) is 0 Å². The maximum atomic E-state index is 13.3. The minimum atomic E-state index is -0.781. The van der Waals surface area contributed by atoms with Gasteiger partial charge in [-0.2, -0.15) is 0 Å². The quantitative estimate of drug-likeness (QED) is 0.603. The lowest BCUT2D eigenvalue weighted by atomic mass is 10.1. The summed E-state index contributed by atoms with van der Waals surface area (Å²) in [6.07, 6.45) is 5.53. The van der Waals surface area contributed by atoms with E-state index in [9.17, 15) is 8.78 Å². The molecule has 14 heavy (non-hydrogen) atoms. The Hall–Kier alpha value is -1.64. The first-order valence-electron chi connectivity index (χ1n) is 4.41. The van der Waals surface area contributed by atoms with E-state index in [0.717, 1.165) is 17.6 Å². The molecular formula is C11H7F2N. The van der Waals surface area contributed by atoms with Crippen LogP contribution in [0.5, 0.6) is 0 Å². The third-order valence-electron chi connectivity index (χ3n) is 2.56. The molecule has 0 spiro atoms. The molecule has 2 aromatic rings. The van der Waals surface area contributed by atoms with E-state index in [1.54, 1.807) is 12.3 Å². The molecule has 0 radical (unpaired) electrons. The third kappa shape index (κ3) is 0.816. The maximum absolute atomic E-state index is 13.3. The van der Waals surface area contributed by atoms with Crippen LogP contribution in [0.2, 0.25) is 0 Å². The molecule has 1 aromatic carbocycles. The van der Waals surface area contributed by atoms with Crippen molar-refractivity contribution in [2.24, 2.45) is 0 Å². The van der Waals surface area contributed by atoms with Gasteiger partial charge in [0.25, 0.3) is 0 Å². The highest BCUT2D eigenvalue weighted by molar-refractivity contribution is 5.90. The first kappa shape index (κ1) is 7.74. The number of benzene rings is 1. The van der Waals surface area contributed by atoms with Gasteiger partial charge in [0, 0.05) is 23.7 Å². The molecule has 0 atom stereocenters. The number of halogens is 2. The first-order chi connectivity index (χ1) is 6.77. The minimum Gasteiger partial charge on any atom is -0.343 e. The Balaban J connectivity index is 2.56. The van der Waals surface area contributed by atoms with E-state index < -0.39 is 11.6 Å². The van der Waals surface area contributed by atoms with Gasteiger partial charge in [-0.3, -0.25) is 0 Å². The topological polar surface area (TPSA) is 4.93 Å². The van der Waals surface area contributed by atoms with Gasteiger partial charge in [0.05, 0.1) is 5.52 Å². The molecule has 0 N–H and O–H groups in total. The summed E-state index contributed by atoms with van der Waals surface area (Å²) in [5.41, 5.74) is 1.53. The summed E-state index contributed by atoms with van der Waals surface area (Å²) in [4.78, 5) is 0. The Morgan fingerprint density at radius 3 is 3.00 bits per heavy atom. The fourth-order valence-corrected chi connectivity index (χ4v) is 1.94. The number of allylic oxidation sites excluding steroid dienone is 1. The van der Waals surface area contributed by atoms with Crippen molar-refractivity contribution in [2.45, 2.75) is 6.54 Å². The zero-order valence-corrected chi connectivity index (χ0v) is 7.30. The molecule has 3 rings (SSSR count). The average molecular weight is 191 g/mol. The monoisotopic (exact) mass is 191 g/mol. The van der Waals surface area contributed by atoms with Crippen LogP contribution in [0.3, 0.4) is 0 Å². The Morgan fingerprint density at radius 2 is 2.14 bits per heavy atom. The van der Waals surface area contributed by atoms with E-state index in [1.807, 2.05) is 16.7 Å². The van der Waals surface area contributed by atoms with E-state index in [1.165, 1.54) is 6.07 Å². The van der Waals surface area contributed by atoms with E-state index in [-0.39, 0.29) is 0 Å². The van der Waals surface area contributed by atoms with Gasteiger partial charge < -0.3 is 4.57 Å². The average Bonchev–Trinajstić information content (AvgIpc) is 2.60. The molecule has 2 heterocycles. The summed E-state index contributed by atoms with van der Waals surface area (Å²) in [7, 11) is 0. The van der Waals surface area contributed by atoms with Gasteiger partial charge in [-0.25, -0.2) is 8.78 Å². The van der Waals surface area contributed by atoms with Crippen LogP contribution >= 0.6 is 0 Å². The minimum absolute atomic E-state index is 0.365. The highest BCUT2D eigenvalue weighted by Crippen LogP contribution is 2.28. The summed E-state index contributed by atoms with van der Waals surface area (Å²) < 4.78 is 28.4. The second-order valence-corrected chi connectivity index (χ2v) is 3.39. The Bertz CT molecular complexity index is 552. The number of hydrogen-bond donors (Lipinski definition) is 0. The molecule has 0 fully saturated rings. The Morgan fingerprint density at radius 1 is 1.29 bits per heavy atom. The number of hydrogen-bond acceptors (Lipinski definition) is 0. The van der Waals surface area contributed by atoms with Crippen molar-refractivity contribution >= 4 is 17.0 Å². The fourth-order valence-electron chi connectivity index (χ4n) is 1.94. The predicted octanol–water partition coefficient (Wildman–Crippen LogP) is 2.95. The number of rotatable bonds is 0. The lowest BCUT2D eigenvalue weighted by molar-refractivity contribution is 0.516. The van der Waals surface area contributed by atoms with Crippen molar-refractivity contribution in [1.29, 1.82) is 0 Å². The first-order valence-corrected chi connectivity index (χ1v) is 4.41. The summed E-state index contributed by atoms with van der Waals surface area (Å²) in [5, 5.41) is 0.365. The van der Waals surface area contributed by atoms with Crippen molar-refractivity contribution in [3.63, 3.8) is 0 Å². The fraction of sp³-hybridized carbons (Fsp3) is 0.0909. The predicted molar refractivity (Wildman–Crippen MR) is 50.9 cm³/mol. The molecular weight excluding hydrogens is 184 g/mol. The molecule has 1 nitrogen and oxygen atoms in total. The lowest BCUT2D eigenvalue weighted by Crippen LogP contribution is -2.00. The van der Waals surface area contributed by atoms with Gasteiger partial charge in [-0.05, 0) is 12.1 Å². The zero-order chi connectivity index (χ0) is 9.71. The molecule has 1 aliphatic rings. The highest BCUT2D eigenvalue weighted by atomic mass is 19.2. The van der Waals surface area contributed by atoms with Crippen LogP contribution in [0.1, 0.15) is 5.56 Å². The van der Waals surface area contributed by atoms with Gasteiger partial charge in [-0.1, -0.05) is 12.2 Å². The van der Waals surface area contributed by atoms with Crippen LogP contribution < -0.4 is 0 Å². The van der Waals surface area contributed by atoms with Gasteiger partial charge in [0.15, 0.2) is 11.6 Å². The van der Waals surface area contributed by atoms with Crippen LogP contribution in [-0.4, -0.2) is 4.57 Å². The molecule has 0 saturated carbocycles. The largest absolute Gasteiger partial charge is 0.343 e. The van der Waals surface area contributed by atoms with Crippen molar-refractivity contribution < 1.29 is 8.78 Å². The van der Waals surface area contributed by atoms with Crippen LogP contribution in [0.4, 0.5) is 8.78 Å². The van der Waals surface area contributed by atoms with Crippen LogP contribution in [-0.2, 0) is 6.54 Å². The molecule has 1 aromatic heterocycles. The van der Waals surface area contributed by atoms with Gasteiger partial charge in [0.1, 0.15) is 0 Å². The molecule has 70 valence electrons. The van der Waals surface area contributed by atoms with Crippen LogP contribution in [0.15, 0.2) is 24.4 Å². The van der Waals surface area contributed by atoms with Crippen molar-refractivity contribution in [3.8, 4) is 0 Å².